The number of piperidine rings is 1. The summed E-state index contributed by atoms with van der Waals surface area (Å²) in [6.07, 6.45) is 1.89. The van der Waals surface area contributed by atoms with Crippen LogP contribution in [0.1, 0.15) is 71.1 Å². The molecule has 7 nitrogen and oxygen atoms in total. The molecule has 0 unspecified atom stereocenters. The Morgan fingerprint density at radius 1 is 1.03 bits per heavy atom. The van der Waals surface area contributed by atoms with Crippen LogP contribution in [-0.2, 0) is 28.8 Å². The van der Waals surface area contributed by atoms with Crippen molar-refractivity contribution in [3.8, 4) is 11.5 Å². The summed E-state index contributed by atoms with van der Waals surface area (Å²) in [5.41, 5.74) is 3.17. The Labute approximate surface area is 229 Å². The third-order valence-corrected chi connectivity index (χ3v) is 8.43. The van der Waals surface area contributed by atoms with E-state index in [4.69, 9.17) is 18.6 Å². The molecule has 2 aliphatic rings. The van der Waals surface area contributed by atoms with E-state index in [9.17, 15) is 9.00 Å². The van der Waals surface area contributed by atoms with Gasteiger partial charge in [0.1, 0.15) is 34.7 Å². The van der Waals surface area contributed by atoms with Crippen LogP contribution in [0.2, 0.25) is 0 Å². The third-order valence-electron chi connectivity index (χ3n) is 7.03. The van der Waals surface area contributed by atoms with Crippen molar-refractivity contribution >= 4 is 22.8 Å². The minimum absolute atomic E-state index is 0.289. The molecule has 38 heavy (non-hydrogen) atoms. The molecule has 1 amide bonds. The number of nitrogens with zero attached hydrogens (tertiary/aromatic N) is 2. The van der Waals surface area contributed by atoms with E-state index in [0.717, 1.165) is 53.2 Å². The molecule has 1 heterocycles. The molecule has 2 aromatic rings. The minimum Gasteiger partial charge on any atom is -0.497 e. The van der Waals surface area contributed by atoms with Crippen LogP contribution in [0.4, 0.5) is 4.79 Å². The van der Waals surface area contributed by atoms with E-state index in [1.807, 2.05) is 77.9 Å². The number of hydrogen-bond donors (Lipinski definition) is 0. The molecule has 1 fully saturated rings. The van der Waals surface area contributed by atoms with E-state index in [-0.39, 0.29) is 11.5 Å². The molecule has 0 N–H and O–H groups in total. The summed E-state index contributed by atoms with van der Waals surface area (Å²) in [7, 11) is 0.245. The third kappa shape index (κ3) is 6.22. The monoisotopic (exact) mass is 540 g/mol. The quantitative estimate of drug-likeness (QED) is 0.458. The van der Waals surface area contributed by atoms with Crippen LogP contribution in [0.3, 0.4) is 0 Å². The Morgan fingerprint density at radius 2 is 1.68 bits per heavy atom. The molecule has 206 valence electrons. The van der Waals surface area contributed by atoms with E-state index in [1.165, 1.54) is 0 Å². The van der Waals surface area contributed by atoms with Crippen LogP contribution in [0, 0.1) is 5.41 Å². The first-order chi connectivity index (χ1) is 17.8. The smallest absolute Gasteiger partial charge is 0.410 e. The fourth-order valence-electron chi connectivity index (χ4n) is 4.92. The van der Waals surface area contributed by atoms with E-state index in [0.29, 0.717) is 19.7 Å². The van der Waals surface area contributed by atoms with Crippen LogP contribution in [-0.4, -0.2) is 51.5 Å². The van der Waals surface area contributed by atoms with Crippen molar-refractivity contribution in [1.82, 2.24) is 4.90 Å². The highest BCUT2D eigenvalue weighted by atomic mass is 32.2. The summed E-state index contributed by atoms with van der Waals surface area (Å²) in [5.74, 6) is 1.63. The second kappa shape index (κ2) is 10.7. The maximum Gasteiger partial charge on any atom is 0.410 e. The summed E-state index contributed by atoms with van der Waals surface area (Å²) in [6, 6.07) is 13.9. The fraction of sp³-hybridized carbons (Fsp3) is 0.533. The summed E-state index contributed by atoms with van der Waals surface area (Å²) >= 11 is 0. The Balaban J connectivity index is 1.61. The van der Waals surface area contributed by atoms with Crippen LogP contribution in [0.15, 0.2) is 46.9 Å². The number of benzene rings is 2. The topological polar surface area (TPSA) is 77.4 Å². The number of carbonyl (C=O) groups is 1. The van der Waals surface area contributed by atoms with Gasteiger partial charge in [-0.15, -0.1) is 0 Å². The first-order valence-corrected chi connectivity index (χ1v) is 14.3. The molecule has 0 bridgehead atoms. The largest absolute Gasteiger partial charge is 0.497 e. The van der Waals surface area contributed by atoms with Crippen LogP contribution < -0.4 is 9.47 Å². The summed E-state index contributed by atoms with van der Waals surface area (Å²) < 4.78 is 34.8. The van der Waals surface area contributed by atoms with Gasteiger partial charge in [-0.1, -0.05) is 24.3 Å². The standard InChI is InChI=1S/C30H40N2O5S/c1-28(2,3)37-27(33)32-17-15-30(16-18-32)19-24-23(26(30)31-38(34)29(4,5)6)9-8-10-25(24)36-20-21-11-13-22(35-7)14-12-21/h8-14H,15-20H2,1-7H3/t38-/m1/s1. The van der Waals surface area contributed by atoms with Crippen molar-refractivity contribution in [2.45, 2.75) is 77.8 Å². The van der Waals surface area contributed by atoms with Crippen molar-refractivity contribution in [2.75, 3.05) is 20.2 Å². The lowest BCUT2D eigenvalue weighted by atomic mass is 9.74. The molecule has 8 heteroatoms. The number of fused-ring (bicyclic) bond motifs is 1. The van der Waals surface area contributed by atoms with Gasteiger partial charge in [0.05, 0.1) is 17.6 Å². The Bertz CT molecular complexity index is 1220. The highest BCUT2D eigenvalue weighted by Gasteiger charge is 2.48. The zero-order chi connectivity index (χ0) is 27.7. The Morgan fingerprint density at radius 3 is 2.26 bits per heavy atom. The SMILES string of the molecule is COc1ccc(COc2cccc3c2CC2(CCN(C(=O)OC(C)(C)C)CC2)C3=N[S@](=O)C(C)(C)C)cc1. The fourth-order valence-corrected chi connectivity index (χ4v) is 5.65. The Hall–Kier alpha value is -2.87. The highest BCUT2D eigenvalue weighted by molar-refractivity contribution is 7.85. The number of carbonyl (C=O) groups excluding carboxylic acids is 1. The average molecular weight is 541 g/mol. The first-order valence-electron chi connectivity index (χ1n) is 13.2. The number of rotatable bonds is 5. The summed E-state index contributed by atoms with van der Waals surface area (Å²) in [4.78, 5) is 14.5. The number of amides is 1. The van der Waals surface area contributed by atoms with Gasteiger partial charge < -0.3 is 19.1 Å². The lowest BCUT2D eigenvalue weighted by molar-refractivity contribution is 0.0159. The summed E-state index contributed by atoms with van der Waals surface area (Å²) in [5, 5.41) is 0. The van der Waals surface area contributed by atoms with Crippen molar-refractivity contribution in [3.05, 3.63) is 59.2 Å². The van der Waals surface area contributed by atoms with Crippen LogP contribution in [0.5, 0.6) is 11.5 Å². The lowest BCUT2D eigenvalue weighted by Crippen LogP contribution is -2.47. The molecule has 1 saturated heterocycles. The van der Waals surface area contributed by atoms with Gasteiger partial charge in [-0.2, -0.15) is 4.40 Å². The van der Waals surface area contributed by atoms with Gasteiger partial charge in [0.25, 0.3) is 0 Å². The molecule has 1 aliphatic heterocycles. The van der Waals surface area contributed by atoms with E-state index in [2.05, 4.69) is 6.07 Å². The summed E-state index contributed by atoms with van der Waals surface area (Å²) in [6.45, 7) is 13.0. The molecule has 0 radical (unpaired) electrons. The van der Waals surface area contributed by atoms with E-state index < -0.39 is 21.3 Å². The van der Waals surface area contributed by atoms with Gasteiger partial charge in [0, 0.05) is 29.6 Å². The normalized spacial score (nSPS) is 18.8. The van der Waals surface area contributed by atoms with Gasteiger partial charge in [-0.3, -0.25) is 0 Å². The Kier molecular flexibility index (Phi) is 7.94. The predicted octanol–water partition coefficient (Wildman–Crippen LogP) is 6.10. The lowest BCUT2D eigenvalue weighted by Gasteiger charge is -2.40. The van der Waals surface area contributed by atoms with Crippen molar-refractivity contribution in [3.63, 3.8) is 0 Å². The van der Waals surface area contributed by atoms with Crippen LogP contribution in [0.25, 0.3) is 0 Å². The van der Waals surface area contributed by atoms with Gasteiger partial charge in [-0.25, -0.2) is 9.00 Å². The molecule has 0 aromatic heterocycles. The molecular weight excluding hydrogens is 500 g/mol. The maximum atomic E-state index is 13.2. The number of ether oxygens (including phenoxy) is 3. The number of hydrogen-bond acceptors (Lipinski definition) is 5. The number of methoxy groups -OCH3 is 1. The molecule has 4 rings (SSSR count). The molecule has 2 aromatic carbocycles. The zero-order valence-corrected chi connectivity index (χ0v) is 24.4. The molecule has 1 atom stereocenters. The molecular formula is C30H40N2O5S. The molecule has 1 spiro atoms. The maximum absolute atomic E-state index is 13.2. The van der Waals surface area contributed by atoms with Crippen molar-refractivity contribution in [2.24, 2.45) is 9.81 Å². The van der Waals surface area contributed by atoms with Gasteiger partial charge >= 0.3 is 6.09 Å². The highest BCUT2D eigenvalue weighted by Crippen LogP contribution is 2.48. The van der Waals surface area contributed by atoms with Crippen molar-refractivity contribution < 1.29 is 23.2 Å². The van der Waals surface area contributed by atoms with Crippen molar-refractivity contribution in [1.29, 1.82) is 0 Å². The van der Waals surface area contributed by atoms with Gasteiger partial charge in [-0.05, 0) is 84.6 Å². The second-order valence-electron chi connectivity index (χ2n) is 12.1. The van der Waals surface area contributed by atoms with Gasteiger partial charge in [0.2, 0.25) is 0 Å². The molecule has 1 aliphatic carbocycles. The number of likely N-dealkylation sites (tertiary alicyclic amines) is 1. The minimum atomic E-state index is -1.41. The second-order valence-corrected chi connectivity index (χ2v) is 14.1. The average Bonchev–Trinajstić information content (AvgIpc) is 3.14. The predicted molar refractivity (Wildman–Crippen MR) is 151 cm³/mol. The van der Waals surface area contributed by atoms with E-state index >= 15 is 0 Å². The zero-order valence-electron chi connectivity index (χ0n) is 23.6. The molecule has 0 saturated carbocycles. The van der Waals surface area contributed by atoms with Gasteiger partial charge in [0.15, 0.2) is 0 Å². The van der Waals surface area contributed by atoms with Crippen LogP contribution >= 0.6 is 0 Å². The van der Waals surface area contributed by atoms with E-state index in [1.54, 1.807) is 12.0 Å². The first kappa shape index (κ1) is 28.1.